The Morgan fingerprint density at radius 2 is 1.78 bits per heavy atom. The number of aromatic amines is 1. The molecule has 3 aliphatic rings. The number of benzene rings is 1. The van der Waals surface area contributed by atoms with Crippen LogP contribution in [0.5, 0.6) is 0 Å². The highest BCUT2D eigenvalue weighted by Gasteiger charge is 2.37. The Morgan fingerprint density at radius 1 is 0.978 bits per heavy atom. The molecule has 0 aliphatic carbocycles. The van der Waals surface area contributed by atoms with E-state index in [1.807, 2.05) is 35.2 Å². The predicted molar refractivity (Wildman–Crippen MR) is 171 cm³/mol. The molecule has 2 saturated heterocycles. The van der Waals surface area contributed by atoms with E-state index >= 15 is 0 Å². The third kappa shape index (κ3) is 6.02. The minimum absolute atomic E-state index is 0.116. The molecule has 2 fully saturated rings. The Morgan fingerprint density at radius 3 is 2.53 bits per heavy atom. The highest BCUT2D eigenvalue weighted by molar-refractivity contribution is 7.92. The van der Waals surface area contributed by atoms with Gasteiger partial charge < -0.3 is 20.1 Å². The molecule has 1 unspecified atom stereocenters. The summed E-state index contributed by atoms with van der Waals surface area (Å²) >= 11 is 0. The molecule has 1 amide bonds. The number of carbonyl (C=O) groups is 1. The highest BCUT2D eigenvalue weighted by atomic mass is 32.2. The number of sulfonamides is 1. The van der Waals surface area contributed by atoms with Gasteiger partial charge in [0.15, 0.2) is 9.84 Å². The number of carbonyl (C=O) groups excluding carboxylic acids is 1. The number of aromatic nitrogens is 4. The molecule has 13 nitrogen and oxygen atoms in total. The van der Waals surface area contributed by atoms with Gasteiger partial charge in [-0.05, 0) is 42.3 Å². The van der Waals surface area contributed by atoms with E-state index in [0.717, 1.165) is 28.1 Å². The lowest BCUT2D eigenvalue weighted by molar-refractivity contribution is 0.0785. The van der Waals surface area contributed by atoms with Crippen molar-refractivity contribution >= 4 is 48.3 Å². The fourth-order valence-electron chi connectivity index (χ4n) is 6.08. The fraction of sp³-hybridized carbons (Fsp3) is 0.333. The zero-order valence-electron chi connectivity index (χ0n) is 24.3. The summed E-state index contributed by atoms with van der Waals surface area (Å²) in [4.78, 5) is 33.5. The molecule has 2 N–H and O–H groups in total. The van der Waals surface area contributed by atoms with Gasteiger partial charge in [0.25, 0.3) is 5.91 Å². The molecule has 0 saturated carbocycles. The van der Waals surface area contributed by atoms with Crippen molar-refractivity contribution in [3.8, 4) is 11.3 Å². The van der Waals surface area contributed by atoms with Gasteiger partial charge in [0.1, 0.15) is 17.8 Å². The number of sulfone groups is 1. The monoisotopic (exact) mass is 648 g/mol. The van der Waals surface area contributed by atoms with E-state index in [0.29, 0.717) is 62.6 Å². The Labute approximate surface area is 261 Å². The van der Waals surface area contributed by atoms with Crippen molar-refractivity contribution in [3.05, 3.63) is 77.7 Å². The van der Waals surface area contributed by atoms with Gasteiger partial charge in [-0.25, -0.2) is 26.8 Å². The fourth-order valence-corrected chi connectivity index (χ4v) is 8.65. The number of likely N-dealkylation sites (tertiary alicyclic amines) is 1. The van der Waals surface area contributed by atoms with Crippen LogP contribution in [0.2, 0.25) is 0 Å². The summed E-state index contributed by atoms with van der Waals surface area (Å²) in [6, 6.07) is 13.1. The topological polar surface area (TPSA) is 162 Å². The second-order valence-corrected chi connectivity index (χ2v) is 15.5. The molecule has 1 aromatic carbocycles. The number of hydrogen-bond acceptors (Lipinski definition) is 10. The van der Waals surface area contributed by atoms with Crippen LogP contribution >= 0.6 is 0 Å². The van der Waals surface area contributed by atoms with Gasteiger partial charge in [-0.1, -0.05) is 18.2 Å². The first-order valence-corrected chi connectivity index (χ1v) is 18.0. The first-order valence-electron chi connectivity index (χ1n) is 14.7. The maximum Gasteiger partial charge on any atom is 0.254 e. The smallest absolute Gasteiger partial charge is 0.254 e. The number of hydrogen-bond donors (Lipinski definition) is 2. The number of fused-ring (bicyclic) bond motifs is 1. The van der Waals surface area contributed by atoms with Gasteiger partial charge in [-0.3, -0.25) is 9.78 Å². The zero-order chi connectivity index (χ0) is 31.2. The number of H-pyrrole nitrogens is 1. The van der Waals surface area contributed by atoms with E-state index in [1.54, 1.807) is 29.3 Å². The molecule has 4 aromatic rings. The van der Waals surface area contributed by atoms with E-state index in [4.69, 9.17) is 0 Å². The number of anilines is 2. The summed E-state index contributed by atoms with van der Waals surface area (Å²) in [6.07, 6.45) is 5.36. The average Bonchev–Trinajstić information content (AvgIpc) is 3.78. The van der Waals surface area contributed by atoms with Gasteiger partial charge in [0, 0.05) is 67.3 Å². The molecule has 15 heteroatoms. The van der Waals surface area contributed by atoms with Crippen LogP contribution in [-0.2, 0) is 26.4 Å². The lowest BCUT2D eigenvalue weighted by atomic mass is 10.1. The molecule has 45 heavy (non-hydrogen) atoms. The normalized spacial score (nSPS) is 21.0. The van der Waals surface area contributed by atoms with Crippen LogP contribution < -0.4 is 10.2 Å². The van der Waals surface area contributed by atoms with Crippen LogP contribution in [0.15, 0.2) is 66.5 Å². The van der Waals surface area contributed by atoms with Crippen LogP contribution in [0.4, 0.5) is 11.5 Å². The summed E-state index contributed by atoms with van der Waals surface area (Å²) < 4.78 is 49.7. The van der Waals surface area contributed by atoms with Crippen molar-refractivity contribution in [2.75, 3.05) is 54.4 Å². The third-order valence-corrected chi connectivity index (χ3v) is 11.8. The molecule has 1 atom stereocenters. The molecule has 234 valence electrons. The zero-order valence-corrected chi connectivity index (χ0v) is 26.0. The quantitative estimate of drug-likeness (QED) is 0.304. The number of amides is 1. The third-order valence-electron chi connectivity index (χ3n) is 8.52. The summed E-state index contributed by atoms with van der Waals surface area (Å²) in [7, 11) is -6.39. The second-order valence-electron chi connectivity index (χ2n) is 11.4. The summed E-state index contributed by atoms with van der Waals surface area (Å²) in [5.74, 6) is 0.825. The SMILES string of the molecule is O=C(c1ccnc(CNc2ccc(-c3cc4c(N5CCS(=O)(=O)CC5)ncnc4[nH]3)cc2)c1)N1CCC(N2CC=CS2(=O)=O)C1. The molecular formula is C30H32N8O5S2. The van der Waals surface area contributed by atoms with Gasteiger partial charge >= 0.3 is 0 Å². The first-order chi connectivity index (χ1) is 21.6. The van der Waals surface area contributed by atoms with Crippen molar-refractivity contribution in [2.24, 2.45) is 0 Å². The van der Waals surface area contributed by atoms with E-state index in [1.165, 1.54) is 16.0 Å². The summed E-state index contributed by atoms with van der Waals surface area (Å²) in [5.41, 5.74) is 4.63. The molecule has 0 radical (unpaired) electrons. The second kappa shape index (κ2) is 11.5. The molecule has 3 aliphatic heterocycles. The molecule has 7 rings (SSSR count). The minimum atomic E-state index is -3.39. The van der Waals surface area contributed by atoms with Gasteiger partial charge in [0.2, 0.25) is 10.0 Å². The first kappa shape index (κ1) is 29.4. The van der Waals surface area contributed by atoms with E-state index in [9.17, 15) is 21.6 Å². The molecule has 0 bridgehead atoms. The summed E-state index contributed by atoms with van der Waals surface area (Å²) in [5, 5.41) is 5.43. The van der Waals surface area contributed by atoms with E-state index in [2.05, 4.69) is 25.3 Å². The van der Waals surface area contributed by atoms with Gasteiger partial charge in [-0.2, -0.15) is 4.31 Å². The van der Waals surface area contributed by atoms with Crippen molar-refractivity contribution in [2.45, 2.75) is 19.0 Å². The molecule has 3 aromatic heterocycles. The van der Waals surface area contributed by atoms with Crippen LogP contribution in [-0.4, -0.2) is 102 Å². The van der Waals surface area contributed by atoms with Crippen molar-refractivity contribution < 1.29 is 21.6 Å². The van der Waals surface area contributed by atoms with Gasteiger partial charge in [-0.15, -0.1) is 0 Å². The van der Waals surface area contributed by atoms with E-state index in [-0.39, 0.29) is 23.5 Å². The average molecular weight is 649 g/mol. The Balaban J connectivity index is 0.986. The number of rotatable bonds is 7. The minimum Gasteiger partial charge on any atom is -0.379 e. The maximum atomic E-state index is 13.2. The van der Waals surface area contributed by atoms with Crippen molar-refractivity contribution in [1.29, 1.82) is 0 Å². The summed E-state index contributed by atoms with van der Waals surface area (Å²) in [6.45, 7) is 2.45. The highest BCUT2D eigenvalue weighted by Crippen LogP contribution is 2.30. The molecular weight excluding hydrogens is 617 g/mol. The van der Waals surface area contributed by atoms with Crippen molar-refractivity contribution in [3.63, 3.8) is 0 Å². The Hall–Kier alpha value is -4.34. The molecule has 6 heterocycles. The largest absolute Gasteiger partial charge is 0.379 e. The number of pyridine rings is 1. The standard InChI is InChI=1S/C30H32N8O5S2/c39-30(37-10-7-25(19-37)38-9-1-13-45(38,42)43)22-6-8-31-24(16-22)18-32-23-4-2-21(3-5-23)27-17-26-28(35-27)33-20-34-29(26)36-11-14-44(40,41)15-12-36/h1-6,8,13,16-17,20,25,32H,7,9-12,14-15,18-19H2,(H,33,34,35). The maximum absolute atomic E-state index is 13.2. The van der Waals surface area contributed by atoms with E-state index < -0.39 is 19.9 Å². The predicted octanol–water partition coefficient (Wildman–Crippen LogP) is 2.24. The number of nitrogens with zero attached hydrogens (tertiary/aromatic N) is 6. The Kier molecular flexibility index (Phi) is 7.54. The molecule has 0 spiro atoms. The Bertz CT molecular complexity index is 2000. The van der Waals surface area contributed by atoms with Crippen LogP contribution in [0.3, 0.4) is 0 Å². The van der Waals surface area contributed by atoms with Crippen LogP contribution in [0, 0.1) is 0 Å². The van der Waals surface area contributed by atoms with Gasteiger partial charge in [0.05, 0.1) is 29.1 Å². The lowest BCUT2D eigenvalue weighted by Gasteiger charge is -2.27. The van der Waals surface area contributed by atoms with Crippen LogP contribution in [0.25, 0.3) is 22.3 Å². The number of nitrogens with one attached hydrogen (secondary N) is 2. The van der Waals surface area contributed by atoms with Crippen LogP contribution in [0.1, 0.15) is 22.5 Å². The lowest BCUT2D eigenvalue weighted by Crippen LogP contribution is -2.40. The van der Waals surface area contributed by atoms with Crippen molar-refractivity contribution in [1.82, 2.24) is 29.1 Å².